The summed E-state index contributed by atoms with van der Waals surface area (Å²) in [7, 11) is 0. The molecule has 0 aliphatic carbocycles. The number of nitrogens with one attached hydrogen (secondary N) is 1. The number of hydrogen-bond acceptors (Lipinski definition) is 2. The maximum absolute atomic E-state index is 13.1. The summed E-state index contributed by atoms with van der Waals surface area (Å²) >= 11 is 0. The van der Waals surface area contributed by atoms with Gasteiger partial charge in [-0.15, -0.1) is 0 Å². The summed E-state index contributed by atoms with van der Waals surface area (Å²) in [5, 5.41) is 3.33. The predicted octanol–water partition coefficient (Wildman–Crippen LogP) is 6.30. The largest absolute Gasteiger partial charge is 0.416 e. The lowest BCUT2D eigenvalue weighted by Crippen LogP contribution is -2.39. The first-order valence-corrected chi connectivity index (χ1v) is 9.29. The van der Waals surface area contributed by atoms with Gasteiger partial charge in [-0.3, -0.25) is 0 Å². The van der Waals surface area contributed by atoms with E-state index in [4.69, 9.17) is 4.74 Å². The van der Waals surface area contributed by atoms with Gasteiger partial charge in [0.15, 0.2) is 0 Å². The molecule has 0 unspecified atom stereocenters. The molecule has 3 atom stereocenters. The molecule has 1 fully saturated rings. The number of halogens is 6. The Kier molecular flexibility index (Phi) is 6.24. The second kappa shape index (κ2) is 8.36. The maximum atomic E-state index is 13.1. The molecule has 1 aliphatic rings. The lowest BCUT2D eigenvalue weighted by atomic mass is 9.94. The minimum atomic E-state index is -4.88. The van der Waals surface area contributed by atoms with Crippen LogP contribution in [0.3, 0.4) is 0 Å². The van der Waals surface area contributed by atoms with Crippen molar-refractivity contribution in [2.24, 2.45) is 0 Å². The Balaban J connectivity index is 1.88. The fraction of sp³-hybridized carbons (Fsp3) is 0.429. The summed E-state index contributed by atoms with van der Waals surface area (Å²) in [6.07, 6.45) is -9.61. The second-order valence-electron chi connectivity index (χ2n) is 7.14. The van der Waals surface area contributed by atoms with E-state index in [1.54, 1.807) is 0 Å². The molecule has 1 saturated heterocycles. The third kappa shape index (κ3) is 5.30. The van der Waals surface area contributed by atoms with Gasteiger partial charge < -0.3 is 10.1 Å². The summed E-state index contributed by atoms with van der Waals surface area (Å²) in [4.78, 5) is 0. The standard InChI is InChI=1S/C21H21F6NO/c1-13(15-10-16(20(22,23)24)12-17(11-15)21(25,26)27)29-18-8-5-9-28-19(18)14-6-3-2-4-7-14/h2-4,6-7,10-13,18-19,28H,5,8-9H2,1H3/t13-,18-,19-/m0/s1. The van der Waals surface area contributed by atoms with Crippen molar-refractivity contribution in [2.75, 3.05) is 6.54 Å². The van der Waals surface area contributed by atoms with Crippen LogP contribution in [0.15, 0.2) is 48.5 Å². The molecule has 0 bridgehead atoms. The van der Waals surface area contributed by atoms with Crippen molar-refractivity contribution in [3.05, 3.63) is 70.8 Å². The highest BCUT2D eigenvalue weighted by Crippen LogP contribution is 2.39. The highest BCUT2D eigenvalue weighted by atomic mass is 19.4. The molecule has 2 nitrogen and oxygen atoms in total. The molecule has 0 amide bonds. The van der Waals surface area contributed by atoms with Crippen LogP contribution in [0.25, 0.3) is 0 Å². The van der Waals surface area contributed by atoms with E-state index in [0.717, 1.165) is 30.7 Å². The zero-order valence-corrected chi connectivity index (χ0v) is 15.6. The molecule has 2 aromatic rings. The molecule has 158 valence electrons. The van der Waals surface area contributed by atoms with Gasteiger partial charge in [0, 0.05) is 0 Å². The van der Waals surface area contributed by atoms with Crippen LogP contribution in [0.4, 0.5) is 26.3 Å². The van der Waals surface area contributed by atoms with Crippen LogP contribution in [0.1, 0.15) is 54.2 Å². The first-order chi connectivity index (χ1) is 13.6. The topological polar surface area (TPSA) is 21.3 Å². The van der Waals surface area contributed by atoms with Gasteiger partial charge in [0.25, 0.3) is 0 Å². The van der Waals surface area contributed by atoms with Crippen molar-refractivity contribution < 1.29 is 31.1 Å². The van der Waals surface area contributed by atoms with E-state index < -0.39 is 29.6 Å². The minimum Gasteiger partial charge on any atom is -0.369 e. The monoisotopic (exact) mass is 417 g/mol. The molecule has 0 spiro atoms. The van der Waals surface area contributed by atoms with Crippen molar-refractivity contribution in [1.82, 2.24) is 5.32 Å². The molecule has 29 heavy (non-hydrogen) atoms. The summed E-state index contributed by atoms with van der Waals surface area (Å²) < 4.78 is 84.7. The lowest BCUT2D eigenvalue weighted by Gasteiger charge is -2.35. The second-order valence-corrected chi connectivity index (χ2v) is 7.14. The van der Waals surface area contributed by atoms with Crippen LogP contribution in [0.2, 0.25) is 0 Å². The summed E-state index contributed by atoms with van der Waals surface area (Å²) in [5.41, 5.74) is -1.85. The average Bonchev–Trinajstić information content (AvgIpc) is 2.67. The lowest BCUT2D eigenvalue weighted by molar-refractivity contribution is -0.143. The molecule has 2 aromatic carbocycles. The van der Waals surface area contributed by atoms with E-state index in [1.165, 1.54) is 6.92 Å². The summed E-state index contributed by atoms with van der Waals surface area (Å²) in [6, 6.07) is 10.8. The number of alkyl halides is 6. The molecule has 0 radical (unpaired) electrons. The third-order valence-corrected chi connectivity index (χ3v) is 5.02. The molecule has 1 N–H and O–H groups in total. The molecular weight excluding hydrogens is 396 g/mol. The van der Waals surface area contributed by atoms with E-state index in [9.17, 15) is 26.3 Å². The molecule has 0 aromatic heterocycles. The van der Waals surface area contributed by atoms with Gasteiger partial charge in [-0.05, 0) is 55.6 Å². The first-order valence-electron chi connectivity index (χ1n) is 9.29. The molecule has 8 heteroatoms. The minimum absolute atomic E-state index is 0.130. The Labute approximate surface area is 164 Å². The summed E-state index contributed by atoms with van der Waals surface area (Å²) in [5.74, 6) is 0. The Morgan fingerprint density at radius 2 is 1.52 bits per heavy atom. The van der Waals surface area contributed by atoms with Gasteiger partial charge >= 0.3 is 12.4 Å². The van der Waals surface area contributed by atoms with Crippen molar-refractivity contribution in [3.8, 4) is 0 Å². The molecular formula is C21H21F6NO. The van der Waals surface area contributed by atoms with Gasteiger partial charge in [0.2, 0.25) is 0 Å². The highest BCUT2D eigenvalue weighted by Gasteiger charge is 2.38. The van der Waals surface area contributed by atoms with Crippen LogP contribution in [-0.4, -0.2) is 12.6 Å². The molecule has 1 aliphatic heterocycles. The van der Waals surface area contributed by atoms with E-state index in [2.05, 4.69) is 5.32 Å². The fourth-order valence-electron chi connectivity index (χ4n) is 3.55. The zero-order chi connectivity index (χ0) is 21.2. The van der Waals surface area contributed by atoms with E-state index in [1.807, 2.05) is 30.3 Å². The van der Waals surface area contributed by atoms with Gasteiger partial charge in [0.05, 0.1) is 29.4 Å². The van der Waals surface area contributed by atoms with Crippen molar-refractivity contribution in [2.45, 2.75) is 50.4 Å². The van der Waals surface area contributed by atoms with Crippen LogP contribution < -0.4 is 5.32 Å². The number of benzene rings is 2. The smallest absolute Gasteiger partial charge is 0.369 e. The number of ether oxygens (including phenoxy) is 1. The van der Waals surface area contributed by atoms with Gasteiger partial charge in [-0.1, -0.05) is 30.3 Å². The fourth-order valence-corrected chi connectivity index (χ4v) is 3.55. The van der Waals surface area contributed by atoms with E-state index in [-0.39, 0.29) is 23.8 Å². The normalized spacial score (nSPS) is 21.8. The molecule has 0 saturated carbocycles. The predicted molar refractivity (Wildman–Crippen MR) is 96.2 cm³/mol. The van der Waals surface area contributed by atoms with Crippen LogP contribution in [-0.2, 0) is 17.1 Å². The van der Waals surface area contributed by atoms with Gasteiger partial charge in [-0.2, -0.15) is 26.3 Å². The molecule has 1 heterocycles. The molecule has 3 rings (SSSR count). The average molecular weight is 417 g/mol. The SMILES string of the molecule is C[C@H](O[C@H]1CCCN[C@H]1c1ccccc1)c1cc(C(F)(F)F)cc(C(F)(F)F)c1. The zero-order valence-electron chi connectivity index (χ0n) is 15.6. The van der Waals surface area contributed by atoms with E-state index >= 15 is 0 Å². The van der Waals surface area contributed by atoms with Crippen LogP contribution >= 0.6 is 0 Å². The first kappa shape index (κ1) is 21.6. The van der Waals surface area contributed by atoms with Crippen molar-refractivity contribution >= 4 is 0 Å². The van der Waals surface area contributed by atoms with Crippen LogP contribution in [0.5, 0.6) is 0 Å². The quantitative estimate of drug-likeness (QED) is 0.590. The van der Waals surface area contributed by atoms with Crippen molar-refractivity contribution in [3.63, 3.8) is 0 Å². The van der Waals surface area contributed by atoms with Crippen molar-refractivity contribution in [1.29, 1.82) is 0 Å². The number of piperidine rings is 1. The Bertz CT molecular complexity index is 786. The Morgan fingerprint density at radius 1 is 0.931 bits per heavy atom. The third-order valence-electron chi connectivity index (χ3n) is 5.02. The summed E-state index contributed by atoms with van der Waals surface area (Å²) in [6.45, 7) is 2.24. The van der Waals surface area contributed by atoms with Crippen LogP contribution in [0, 0.1) is 0 Å². The number of rotatable bonds is 4. The Morgan fingerprint density at radius 3 is 2.07 bits per heavy atom. The Hall–Kier alpha value is -2.06. The van der Waals surface area contributed by atoms with Gasteiger partial charge in [0.1, 0.15) is 0 Å². The maximum Gasteiger partial charge on any atom is 0.416 e. The highest BCUT2D eigenvalue weighted by molar-refractivity contribution is 5.34. The van der Waals surface area contributed by atoms with E-state index in [0.29, 0.717) is 6.42 Å². The number of hydrogen-bond donors (Lipinski definition) is 1. The van der Waals surface area contributed by atoms with Gasteiger partial charge in [-0.25, -0.2) is 0 Å².